The molecule has 0 radical (unpaired) electrons. The average Bonchev–Trinajstić information content (AvgIpc) is 1.59. The van der Waals surface area contributed by atoms with Crippen LogP contribution >= 0.6 is 0 Å². The number of rotatable bonds is 14. The lowest BCUT2D eigenvalue weighted by molar-refractivity contribution is 0.670. The van der Waals surface area contributed by atoms with Crippen LogP contribution in [0.5, 0.6) is 0 Å². The van der Waals surface area contributed by atoms with Crippen molar-refractivity contribution < 1.29 is 8.83 Å². The Hall–Kier alpha value is -15.3. The third kappa shape index (κ3) is 12.4. The van der Waals surface area contributed by atoms with Gasteiger partial charge in [0.15, 0.2) is 11.2 Å². The normalized spacial score (nSPS) is 11.5. The Kier molecular flexibility index (Phi) is 17.2. The quantitative estimate of drug-likeness (QED) is 0.109. The zero-order valence-electron chi connectivity index (χ0n) is 62.8. The minimum absolute atomic E-state index is 0.848. The van der Waals surface area contributed by atoms with Gasteiger partial charge in [-0.05, 0) is 185 Å². The lowest BCUT2D eigenvalue weighted by Crippen LogP contribution is -2.10. The van der Waals surface area contributed by atoms with Gasteiger partial charge < -0.3 is 23.2 Å². The molecule has 0 bridgehead atoms. The Balaban J connectivity index is 0.000000152. The molecule has 0 amide bonds. The summed E-state index contributed by atoms with van der Waals surface area (Å²) in [5, 5.41) is 11.8. The topological polar surface area (TPSA) is 37.7 Å². The third-order valence-corrected chi connectivity index (χ3v) is 22.7. The molecule has 0 unspecified atom stereocenters. The number of furan rings is 2. The maximum atomic E-state index is 7.15. The van der Waals surface area contributed by atoms with E-state index in [1.807, 2.05) is 0 Å². The lowest BCUT2D eigenvalue weighted by atomic mass is 9.96. The van der Waals surface area contributed by atoms with E-state index >= 15 is 0 Å². The Morgan fingerprint density at radius 2 is 0.435 bits per heavy atom. The summed E-state index contributed by atoms with van der Waals surface area (Å²) in [4.78, 5) is 4.65. The zero-order valence-corrected chi connectivity index (χ0v) is 62.8. The van der Waals surface area contributed by atoms with Crippen molar-refractivity contribution in [3.8, 4) is 83.6 Å². The predicted molar refractivity (Wildman–Crippen MR) is 484 cm³/mol. The second kappa shape index (κ2) is 29.2. The van der Waals surface area contributed by atoms with Gasteiger partial charge in [0, 0.05) is 71.9 Å². The van der Waals surface area contributed by atoms with E-state index in [1.54, 1.807) is 0 Å². The van der Waals surface area contributed by atoms with Crippen molar-refractivity contribution in [3.63, 3.8) is 0 Å². The minimum Gasteiger partial charge on any atom is -0.453 e. The van der Waals surface area contributed by atoms with Crippen molar-refractivity contribution in [2.75, 3.05) is 9.80 Å². The van der Waals surface area contributed by atoms with Gasteiger partial charge in [-0.25, -0.2) is 0 Å². The summed E-state index contributed by atoms with van der Waals surface area (Å²) >= 11 is 0. The van der Waals surface area contributed by atoms with Crippen LogP contribution in [0.1, 0.15) is 0 Å². The van der Waals surface area contributed by atoms with Gasteiger partial charge >= 0.3 is 0 Å². The fourth-order valence-corrected chi connectivity index (χ4v) is 17.1. The van der Waals surface area contributed by atoms with Crippen LogP contribution in [-0.2, 0) is 0 Å². The molecule has 0 atom stereocenters. The average molecular weight is 1470 g/mol. The van der Waals surface area contributed by atoms with Gasteiger partial charge in [0.25, 0.3) is 0 Å². The van der Waals surface area contributed by atoms with Crippen LogP contribution < -0.4 is 9.80 Å². The number of hydrogen-bond donors (Lipinski definition) is 0. The van der Waals surface area contributed by atoms with Gasteiger partial charge in [-0.15, -0.1) is 0 Å². The summed E-state index contributed by atoms with van der Waals surface area (Å²) in [7, 11) is 0. The molecule has 540 valence electrons. The predicted octanol–water partition coefficient (Wildman–Crippen LogP) is 31.2. The standard InChI is InChI=1S/C64H42N2O.C46H31NO/c1-3-14-43(15-4-1)46-30-36-51(37-31-46)65(61-25-13-22-57-62-54-19-8-7-18-50(54)42-58(64(62)67-63(57)61)49-16-5-2-6-17-49)52-38-32-47(33-39-52)44-26-28-45(29-27-44)48-34-40-53(41-35-48)66-59-23-11-9-20-55(59)56-21-10-12-24-60(56)66;1-4-13-32(14-5-1)34-23-27-38(28-24-34)47(39-29-25-35(26-30-39)33-15-6-2-7-16-33)43-22-12-21-41-44-40-20-11-10-19-37(40)31-42(46(44)48-45(41)43)36-17-8-3-9-18-36/h1-42H;1-31H. The molecule has 3 aromatic heterocycles. The minimum atomic E-state index is 0.848. The van der Waals surface area contributed by atoms with Gasteiger partial charge in [0.05, 0.1) is 22.4 Å². The van der Waals surface area contributed by atoms with Crippen LogP contribution in [0.4, 0.5) is 34.1 Å². The Labute approximate surface area is 666 Å². The second-order valence-corrected chi connectivity index (χ2v) is 29.4. The number of aromatic nitrogens is 1. The summed E-state index contributed by atoms with van der Waals surface area (Å²) in [5.41, 5.74) is 29.5. The Morgan fingerprint density at radius 3 is 0.765 bits per heavy atom. The summed E-state index contributed by atoms with van der Waals surface area (Å²) in [6.45, 7) is 0. The van der Waals surface area contributed by atoms with Crippen LogP contribution in [0.15, 0.2) is 452 Å². The molecule has 0 spiro atoms. The molecule has 19 aromatic carbocycles. The molecule has 0 saturated heterocycles. The first-order valence-electron chi connectivity index (χ1n) is 39.3. The fourth-order valence-electron chi connectivity index (χ4n) is 17.1. The summed E-state index contributed by atoms with van der Waals surface area (Å²) < 4.78 is 16.6. The van der Waals surface area contributed by atoms with Crippen molar-refractivity contribution in [3.05, 3.63) is 443 Å². The van der Waals surface area contributed by atoms with E-state index < -0.39 is 0 Å². The molecule has 0 fully saturated rings. The van der Waals surface area contributed by atoms with E-state index in [0.29, 0.717) is 0 Å². The van der Waals surface area contributed by atoms with Crippen LogP contribution in [-0.4, -0.2) is 4.57 Å². The van der Waals surface area contributed by atoms with Gasteiger partial charge in [0.1, 0.15) is 11.2 Å². The van der Waals surface area contributed by atoms with Crippen LogP contribution in [0.2, 0.25) is 0 Å². The van der Waals surface area contributed by atoms with E-state index in [-0.39, 0.29) is 0 Å². The molecule has 0 N–H and O–H groups in total. The maximum Gasteiger partial charge on any atom is 0.159 e. The zero-order chi connectivity index (χ0) is 76.1. The van der Waals surface area contributed by atoms with Crippen LogP contribution in [0.25, 0.3) is 171 Å². The lowest BCUT2D eigenvalue weighted by Gasteiger charge is -2.26. The van der Waals surface area contributed by atoms with Gasteiger partial charge in [0.2, 0.25) is 0 Å². The first-order valence-corrected chi connectivity index (χ1v) is 39.3. The highest BCUT2D eigenvalue weighted by molar-refractivity contribution is 6.26. The maximum absolute atomic E-state index is 7.15. The molecule has 0 aliphatic rings. The highest BCUT2D eigenvalue weighted by Crippen LogP contribution is 2.50. The van der Waals surface area contributed by atoms with Gasteiger partial charge in [-0.3, -0.25) is 0 Å². The highest BCUT2D eigenvalue weighted by Gasteiger charge is 2.26. The Morgan fingerprint density at radius 1 is 0.183 bits per heavy atom. The third-order valence-electron chi connectivity index (χ3n) is 22.7. The van der Waals surface area contributed by atoms with Crippen molar-refractivity contribution in [1.29, 1.82) is 0 Å². The molecule has 5 nitrogen and oxygen atoms in total. The smallest absolute Gasteiger partial charge is 0.159 e. The number of benzene rings is 19. The molecule has 115 heavy (non-hydrogen) atoms. The van der Waals surface area contributed by atoms with Crippen LogP contribution in [0, 0.1) is 0 Å². The number of nitrogens with zero attached hydrogens (tertiary/aromatic N) is 3. The van der Waals surface area contributed by atoms with Gasteiger partial charge in [-0.2, -0.15) is 0 Å². The fraction of sp³-hybridized carbons (Fsp3) is 0. The van der Waals surface area contributed by atoms with E-state index in [9.17, 15) is 0 Å². The molecular formula is C110H73N3O2. The summed E-state index contributed by atoms with van der Waals surface area (Å²) in [6, 6.07) is 158. The highest BCUT2D eigenvalue weighted by atomic mass is 16.3. The molecule has 5 heteroatoms. The number of hydrogen-bond acceptors (Lipinski definition) is 4. The number of para-hydroxylation sites is 4. The second-order valence-electron chi connectivity index (χ2n) is 29.4. The van der Waals surface area contributed by atoms with E-state index in [4.69, 9.17) is 8.83 Å². The van der Waals surface area contributed by atoms with Crippen LogP contribution in [0.3, 0.4) is 0 Å². The largest absolute Gasteiger partial charge is 0.453 e. The molecule has 22 rings (SSSR count). The number of fused-ring (bicyclic) bond motifs is 13. The van der Waals surface area contributed by atoms with E-state index in [1.165, 1.54) is 87.9 Å². The summed E-state index contributed by atoms with van der Waals surface area (Å²) in [5.74, 6) is 0. The molecule has 0 saturated carbocycles. The molecule has 3 heterocycles. The van der Waals surface area contributed by atoms with E-state index in [0.717, 1.165) is 117 Å². The molecule has 0 aliphatic carbocycles. The molecule has 0 aliphatic heterocycles. The first-order chi connectivity index (χ1) is 57.0. The van der Waals surface area contributed by atoms with Gasteiger partial charge in [-0.1, -0.05) is 346 Å². The number of anilines is 6. The van der Waals surface area contributed by atoms with Crippen molar-refractivity contribution >= 4 is 121 Å². The van der Waals surface area contributed by atoms with Crippen molar-refractivity contribution in [2.45, 2.75) is 0 Å². The first kappa shape index (κ1) is 67.8. The molecular weight excluding hydrogens is 1400 g/mol. The SMILES string of the molecule is c1ccc(-c2ccc(N(c3ccc(-c4ccc(-c5ccc(-n6c7ccccc7c7ccccc76)cc5)cc4)cc3)c3cccc4c3oc3c(-c5ccccc5)cc5ccccc5c34)cc2)cc1.c1ccc(-c2ccc(N(c3ccc(-c4ccccc4)cc3)c3cccc4c3oc3c(-c5ccccc5)cc5ccccc5c34)cc2)cc1. The van der Waals surface area contributed by atoms with Crippen molar-refractivity contribution in [1.82, 2.24) is 4.57 Å². The monoisotopic (exact) mass is 1470 g/mol. The van der Waals surface area contributed by atoms with E-state index in [2.05, 4.69) is 457 Å². The summed E-state index contributed by atoms with van der Waals surface area (Å²) in [6.07, 6.45) is 0. The Bertz CT molecular complexity index is 7170. The van der Waals surface area contributed by atoms with Crippen molar-refractivity contribution in [2.24, 2.45) is 0 Å². The molecule has 22 aromatic rings.